The van der Waals surface area contributed by atoms with E-state index in [0.717, 1.165) is 5.57 Å². The topological polar surface area (TPSA) is 76.1 Å². The molecule has 0 fully saturated rings. The Morgan fingerprint density at radius 3 is 2.64 bits per heavy atom. The van der Waals surface area contributed by atoms with Crippen molar-refractivity contribution >= 4 is 17.4 Å². The molecule has 4 rings (SSSR count). The van der Waals surface area contributed by atoms with E-state index in [1.165, 1.54) is 4.90 Å². The maximum Gasteiger partial charge on any atom is 0.264 e. The lowest BCUT2D eigenvalue weighted by atomic mass is 9.88. The first-order valence-corrected chi connectivity index (χ1v) is 9.11. The van der Waals surface area contributed by atoms with Gasteiger partial charge in [0, 0.05) is 17.7 Å². The zero-order valence-electron chi connectivity index (χ0n) is 15.6. The number of rotatable bonds is 5. The van der Waals surface area contributed by atoms with Gasteiger partial charge in [0.2, 0.25) is 0 Å². The van der Waals surface area contributed by atoms with Gasteiger partial charge in [0.05, 0.1) is 12.1 Å². The average Bonchev–Trinajstić information content (AvgIpc) is 2.89. The molecule has 1 unspecified atom stereocenters. The van der Waals surface area contributed by atoms with Crippen LogP contribution in [0.1, 0.15) is 29.3 Å². The molecule has 0 saturated carbocycles. The zero-order valence-corrected chi connectivity index (χ0v) is 15.6. The van der Waals surface area contributed by atoms with Gasteiger partial charge in [-0.1, -0.05) is 30.4 Å². The highest BCUT2D eigenvalue weighted by Gasteiger charge is 2.50. The van der Waals surface area contributed by atoms with Crippen LogP contribution in [0.5, 0.6) is 11.5 Å². The van der Waals surface area contributed by atoms with Crippen LogP contribution < -0.4 is 14.4 Å². The third-order valence-corrected chi connectivity index (χ3v) is 4.95. The number of hydrogen-bond acceptors (Lipinski definition) is 5. The Bertz CT molecular complexity index is 983. The summed E-state index contributed by atoms with van der Waals surface area (Å²) >= 11 is 0. The van der Waals surface area contributed by atoms with Crippen LogP contribution in [0.4, 0.5) is 5.69 Å². The summed E-state index contributed by atoms with van der Waals surface area (Å²) in [6.45, 7) is 6.83. The van der Waals surface area contributed by atoms with E-state index in [4.69, 9.17) is 9.47 Å². The summed E-state index contributed by atoms with van der Waals surface area (Å²) in [6, 6.07) is 11.9. The second-order valence-electron chi connectivity index (χ2n) is 7.18. The molecule has 0 saturated heterocycles. The van der Waals surface area contributed by atoms with Gasteiger partial charge < -0.3 is 19.5 Å². The Hall–Kier alpha value is -3.12. The molecule has 2 aromatic carbocycles. The molecule has 1 amide bonds. The number of benzene rings is 2. The highest BCUT2D eigenvalue weighted by Crippen LogP contribution is 2.43. The Morgan fingerprint density at radius 2 is 1.89 bits per heavy atom. The van der Waals surface area contributed by atoms with E-state index < -0.39 is 11.5 Å². The lowest BCUT2D eigenvalue weighted by Gasteiger charge is -2.23. The van der Waals surface area contributed by atoms with Crippen LogP contribution in [-0.2, 0) is 10.4 Å². The third-order valence-electron chi connectivity index (χ3n) is 4.95. The summed E-state index contributed by atoms with van der Waals surface area (Å²) in [5.41, 5.74) is 0.281. The van der Waals surface area contributed by atoms with E-state index in [1.807, 2.05) is 6.92 Å². The Morgan fingerprint density at radius 1 is 1.18 bits per heavy atom. The van der Waals surface area contributed by atoms with Crippen molar-refractivity contribution in [1.29, 1.82) is 0 Å². The zero-order chi connectivity index (χ0) is 19.9. The van der Waals surface area contributed by atoms with E-state index in [0.29, 0.717) is 41.5 Å². The van der Waals surface area contributed by atoms with Crippen LogP contribution in [-0.4, -0.2) is 36.6 Å². The van der Waals surface area contributed by atoms with Crippen molar-refractivity contribution in [2.45, 2.75) is 18.9 Å². The minimum absolute atomic E-state index is 0.288. The fourth-order valence-electron chi connectivity index (χ4n) is 3.66. The molecular formula is C22H21NO5. The molecule has 144 valence electrons. The van der Waals surface area contributed by atoms with Crippen LogP contribution in [0.3, 0.4) is 0 Å². The number of ketones is 1. The van der Waals surface area contributed by atoms with Gasteiger partial charge in [0.1, 0.15) is 13.2 Å². The van der Waals surface area contributed by atoms with Crippen molar-refractivity contribution in [3.63, 3.8) is 0 Å². The normalized spacial score (nSPS) is 20.1. The molecule has 2 heterocycles. The number of fused-ring (bicyclic) bond motifs is 2. The standard InChI is InChI=1S/C22H21NO5/c1-14(2)13-23-17-6-4-3-5-16(17)22(26,21(23)25)12-18(24)15-7-8-19-20(11-15)28-10-9-27-19/h3-8,11,26H,1,9-10,12-13H2,2H3. The van der Waals surface area contributed by atoms with Gasteiger partial charge in [-0.15, -0.1) is 0 Å². The number of carbonyl (C=O) groups is 2. The fourth-order valence-corrected chi connectivity index (χ4v) is 3.66. The Kier molecular flexibility index (Phi) is 4.43. The number of amides is 1. The fraction of sp³-hybridized carbons (Fsp3) is 0.273. The molecule has 0 aliphatic carbocycles. The first-order chi connectivity index (χ1) is 13.4. The van der Waals surface area contributed by atoms with Crippen LogP contribution in [0, 0.1) is 0 Å². The number of Topliss-reactive ketones (excluding diaryl/α,β-unsaturated/α-hetero) is 1. The molecule has 1 atom stereocenters. The third kappa shape index (κ3) is 2.96. The number of aliphatic hydroxyl groups is 1. The van der Waals surface area contributed by atoms with Gasteiger partial charge in [-0.05, 0) is 31.2 Å². The van der Waals surface area contributed by atoms with Gasteiger partial charge >= 0.3 is 0 Å². The number of hydrogen-bond donors (Lipinski definition) is 1. The summed E-state index contributed by atoms with van der Waals surface area (Å²) in [6.07, 6.45) is -0.352. The second kappa shape index (κ2) is 6.80. The van der Waals surface area contributed by atoms with Crippen molar-refractivity contribution in [3.05, 3.63) is 65.7 Å². The van der Waals surface area contributed by atoms with Crippen LogP contribution in [0.2, 0.25) is 0 Å². The van der Waals surface area contributed by atoms with Crippen molar-refractivity contribution in [2.75, 3.05) is 24.7 Å². The van der Waals surface area contributed by atoms with Gasteiger partial charge in [-0.2, -0.15) is 0 Å². The molecule has 6 nitrogen and oxygen atoms in total. The van der Waals surface area contributed by atoms with Crippen molar-refractivity contribution in [3.8, 4) is 11.5 Å². The summed E-state index contributed by atoms with van der Waals surface area (Å²) in [4.78, 5) is 27.5. The number of anilines is 1. The van der Waals surface area contributed by atoms with Crippen LogP contribution >= 0.6 is 0 Å². The minimum Gasteiger partial charge on any atom is -0.486 e. The smallest absolute Gasteiger partial charge is 0.264 e. The van der Waals surface area contributed by atoms with Crippen LogP contribution in [0.25, 0.3) is 0 Å². The number of nitrogens with zero attached hydrogens (tertiary/aromatic N) is 1. The van der Waals surface area contributed by atoms with Gasteiger partial charge in [-0.25, -0.2) is 0 Å². The molecule has 0 radical (unpaired) electrons. The van der Waals surface area contributed by atoms with E-state index in [-0.39, 0.29) is 18.7 Å². The van der Waals surface area contributed by atoms with Crippen LogP contribution in [0.15, 0.2) is 54.6 Å². The summed E-state index contributed by atoms with van der Waals surface area (Å²) in [5, 5.41) is 11.3. The lowest BCUT2D eigenvalue weighted by Crippen LogP contribution is -2.42. The van der Waals surface area contributed by atoms with E-state index in [9.17, 15) is 14.7 Å². The highest BCUT2D eigenvalue weighted by atomic mass is 16.6. The first-order valence-electron chi connectivity index (χ1n) is 9.11. The largest absolute Gasteiger partial charge is 0.486 e. The minimum atomic E-state index is -1.91. The maximum atomic E-state index is 13.1. The molecule has 6 heteroatoms. The number of ether oxygens (including phenoxy) is 2. The predicted octanol–water partition coefficient (Wildman–Crippen LogP) is 2.84. The van der Waals surface area contributed by atoms with E-state index in [2.05, 4.69) is 6.58 Å². The van der Waals surface area contributed by atoms with Crippen molar-refractivity contribution in [2.24, 2.45) is 0 Å². The van der Waals surface area contributed by atoms with E-state index in [1.54, 1.807) is 42.5 Å². The maximum absolute atomic E-state index is 13.1. The number of carbonyl (C=O) groups excluding carboxylic acids is 2. The summed E-state index contributed by atoms with van der Waals surface area (Å²) < 4.78 is 11.0. The predicted molar refractivity (Wildman–Crippen MR) is 104 cm³/mol. The SMILES string of the molecule is C=C(C)CN1C(=O)C(O)(CC(=O)c2ccc3c(c2)OCCO3)c2ccccc21. The lowest BCUT2D eigenvalue weighted by molar-refractivity contribution is -0.135. The van der Waals surface area contributed by atoms with Crippen molar-refractivity contribution in [1.82, 2.24) is 0 Å². The monoisotopic (exact) mass is 379 g/mol. The molecule has 0 bridgehead atoms. The number of para-hydroxylation sites is 1. The first kappa shape index (κ1) is 18.3. The van der Waals surface area contributed by atoms with Gasteiger partial charge in [0.25, 0.3) is 5.91 Å². The molecule has 2 aliphatic heterocycles. The Labute approximate surface area is 163 Å². The highest BCUT2D eigenvalue weighted by molar-refractivity contribution is 6.11. The second-order valence-corrected chi connectivity index (χ2v) is 7.18. The van der Waals surface area contributed by atoms with Gasteiger partial charge in [-0.3, -0.25) is 9.59 Å². The molecule has 2 aliphatic rings. The van der Waals surface area contributed by atoms with E-state index >= 15 is 0 Å². The molecular weight excluding hydrogens is 358 g/mol. The van der Waals surface area contributed by atoms with Gasteiger partial charge in [0.15, 0.2) is 22.9 Å². The molecule has 2 aromatic rings. The molecule has 28 heavy (non-hydrogen) atoms. The summed E-state index contributed by atoms with van der Waals surface area (Å²) in [5.74, 6) is 0.213. The summed E-state index contributed by atoms with van der Waals surface area (Å²) in [7, 11) is 0. The molecule has 0 aromatic heterocycles. The quantitative estimate of drug-likeness (QED) is 0.639. The van der Waals surface area contributed by atoms with Crippen molar-refractivity contribution < 1.29 is 24.2 Å². The Balaban J connectivity index is 1.66. The average molecular weight is 379 g/mol. The molecule has 1 N–H and O–H groups in total. The molecule has 0 spiro atoms.